The van der Waals surface area contributed by atoms with E-state index in [0.29, 0.717) is 12.3 Å². The molecule has 0 aromatic heterocycles. The Kier molecular flexibility index (Phi) is 6.76. The van der Waals surface area contributed by atoms with Crippen molar-refractivity contribution in [2.24, 2.45) is 11.8 Å². The number of benzene rings is 1. The lowest BCUT2D eigenvalue weighted by molar-refractivity contribution is -0.125. The maximum absolute atomic E-state index is 12.7. The lowest BCUT2D eigenvalue weighted by atomic mass is 9.79. The molecule has 1 aliphatic carbocycles. The molecule has 5 heteroatoms. The Morgan fingerprint density at radius 2 is 2.07 bits per heavy atom. The number of anilines is 2. The zero-order valence-corrected chi connectivity index (χ0v) is 17.1. The van der Waals surface area contributed by atoms with E-state index in [4.69, 9.17) is 4.74 Å². The van der Waals surface area contributed by atoms with Gasteiger partial charge in [-0.15, -0.1) is 6.58 Å². The molecule has 3 rings (SSSR count). The fraction of sp³-hybridized carbons (Fsp3) is 0.565. The number of unbranched alkanes of at least 4 members (excludes halogenated alkanes) is 1. The largest absolute Gasteiger partial charge is 0.479 e. The Morgan fingerprint density at radius 1 is 1.32 bits per heavy atom. The molecular weight excluding hydrogens is 352 g/mol. The molecule has 2 amide bonds. The predicted molar refractivity (Wildman–Crippen MR) is 113 cm³/mol. The van der Waals surface area contributed by atoms with Gasteiger partial charge in [0, 0.05) is 24.2 Å². The van der Waals surface area contributed by atoms with E-state index in [0.717, 1.165) is 43.0 Å². The number of hydrogen-bond donors (Lipinski definition) is 1. The molecule has 1 atom stereocenters. The molecule has 1 N–H and O–H groups in total. The van der Waals surface area contributed by atoms with E-state index in [2.05, 4.69) is 18.8 Å². The first kappa shape index (κ1) is 20.4. The summed E-state index contributed by atoms with van der Waals surface area (Å²) in [5, 5.41) is 3.05. The molecule has 0 radical (unpaired) electrons. The minimum Gasteiger partial charge on any atom is -0.479 e. The molecule has 1 aliphatic heterocycles. The summed E-state index contributed by atoms with van der Waals surface area (Å²) in [7, 11) is 0. The first-order chi connectivity index (χ1) is 13.5. The Morgan fingerprint density at radius 3 is 2.75 bits per heavy atom. The number of carbonyl (C=O) groups is 2. The van der Waals surface area contributed by atoms with Gasteiger partial charge in [0.2, 0.25) is 5.91 Å². The van der Waals surface area contributed by atoms with Gasteiger partial charge in [-0.2, -0.15) is 0 Å². The van der Waals surface area contributed by atoms with Crippen LogP contribution < -0.4 is 15.0 Å². The van der Waals surface area contributed by atoms with Crippen molar-refractivity contribution in [3.8, 4) is 5.75 Å². The first-order valence-electron chi connectivity index (χ1n) is 10.6. The highest BCUT2D eigenvalue weighted by Gasteiger charge is 2.31. The fourth-order valence-electron chi connectivity index (χ4n) is 4.26. The van der Waals surface area contributed by atoms with Gasteiger partial charge in [-0.25, -0.2) is 0 Å². The van der Waals surface area contributed by atoms with Crippen LogP contribution in [0.5, 0.6) is 5.75 Å². The first-order valence-corrected chi connectivity index (χ1v) is 10.6. The van der Waals surface area contributed by atoms with Crippen LogP contribution in [0.25, 0.3) is 0 Å². The molecule has 1 aromatic rings. The molecule has 28 heavy (non-hydrogen) atoms. The number of nitrogens with one attached hydrogen (secondary N) is 1. The van der Waals surface area contributed by atoms with Crippen LogP contribution in [0.2, 0.25) is 0 Å². The van der Waals surface area contributed by atoms with Crippen molar-refractivity contribution in [2.75, 3.05) is 16.8 Å². The number of hydrogen-bond acceptors (Lipinski definition) is 3. The summed E-state index contributed by atoms with van der Waals surface area (Å²) >= 11 is 0. The average molecular weight is 385 g/mol. The van der Waals surface area contributed by atoms with Gasteiger partial charge in [-0.05, 0) is 50.7 Å². The summed E-state index contributed by atoms with van der Waals surface area (Å²) in [5.74, 6) is 1.51. The fourth-order valence-corrected chi connectivity index (χ4v) is 4.26. The van der Waals surface area contributed by atoms with E-state index in [1.807, 2.05) is 18.2 Å². The van der Waals surface area contributed by atoms with Crippen LogP contribution in [0.1, 0.15) is 58.8 Å². The highest BCUT2D eigenvalue weighted by Crippen LogP contribution is 2.37. The van der Waals surface area contributed by atoms with E-state index >= 15 is 0 Å². The van der Waals surface area contributed by atoms with Gasteiger partial charge in [-0.1, -0.05) is 32.3 Å². The van der Waals surface area contributed by atoms with E-state index in [9.17, 15) is 9.59 Å². The van der Waals surface area contributed by atoms with Crippen molar-refractivity contribution in [2.45, 2.75) is 64.9 Å². The molecule has 1 saturated carbocycles. The molecule has 0 spiro atoms. The third-order valence-corrected chi connectivity index (χ3v) is 5.93. The Bertz CT molecular complexity index is 723. The standard InChI is InChI=1S/C23H32N2O3/c1-4-6-7-17-8-10-18(11-9-17)22(26)24-19-12-13-20-21(15-19)28-16(3)23(27)25(20)14-5-2/h5,12-13,15-18H,2,4,6-11,14H2,1,3H3,(H,24,26). The minimum absolute atomic E-state index is 0.0796. The average Bonchev–Trinajstić information content (AvgIpc) is 2.70. The minimum atomic E-state index is -0.545. The van der Waals surface area contributed by atoms with Crippen molar-refractivity contribution in [3.05, 3.63) is 30.9 Å². The van der Waals surface area contributed by atoms with Gasteiger partial charge < -0.3 is 15.0 Å². The molecule has 152 valence electrons. The van der Waals surface area contributed by atoms with Crippen LogP contribution in [-0.4, -0.2) is 24.5 Å². The third kappa shape index (κ3) is 4.57. The Balaban J connectivity index is 1.63. The van der Waals surface area contributed by atoms with Gasteiger partial charge in [0.25, 0.3) is 5.91 Å². The van der Waals surface area contributed by atoms with Crippen LogP contribution in [-0.2, 0) is 9.59 Å². The molecule has 1 aromatic carbocycles. The number of fused-ring (bicyclic) bond motifs is 1. The number of carbonyl (C=O) groups excluding carboxylic acids is 2. The van der Waals surface area contributed by atoms with Gasteiger partial charge in [0.05, 0.1) is 5.69 Å². The molecule has 5 nitrogen and oxygen atoms in total. The maximum atomic E-state index is 12.7. The Labute approximate surface area is 168 Å². The van der Waals surface area contributed by atoms with Crippen molar-refractivity contribution in [1.82, 2.24) is 0 Å². The molecule has 1 fully saturated rings. The van der Waals surface area contributed by atoms with E-state index in [-0.39, 0.29) is 17.7 Å². The molecule has 0 saturated heterocycles. The van der Waals surface area contributed by atoms with Gasteiger partial charge in [0.1, 0.15) is 5.75 Å². The van der Waals surface area contributed by atoms with Crippen molar-refractivity contribution in [3.63, 3.8) is 0 Å². The van der Waals surface area contributed by atoms with Crippen LogP contribution in [0.15, 0.2) is 30.9 Å². The maximum Gasteiger partial charge on any atom is 0.268 e. The summed E-state index contributed by atoms with van der Waals surface area (Å²) in [5.41, 5.74) is 1.44. The van der Waals surface area contributed by atoms with Gasteiger partial charge in [0.15, 0.2) is 6.10 Å². The molecule has 2 aliphatic rings. The summed E-state index contributed by atoms with van der Waals surface area (Å²) in [4.78, 5) is 26.7. The lowest BCUT2D eigenvalue weighted by Gasteiger charge is -2.32. The number of amides is 2. The van der Waals surface area contributed by atoms with E-state index < -0.39 is 6.10 Å². The zero-order chi connectivity index (χ0) is 20.1. The second-order valence-electron chi connectivity index (χ2n) is 8.03. The van der Waals surface area contributed by atoms with Gasteiger partial charge in [-0.3, -0.25) is 9.59 Å². The number of rotatable bonds is 7. The summed E-state index contributed by atoms with van der Waals surface area (Å²) in [6.07, 6.45) is 9.24. The number of ether oxygens (including phenoxy) is 1. The number of nitrogens with zero attached hydrogens (tertiary/aromatic N) is 1. The summed E-state index contributed by atoms with van der Waals surface area (Å²) < 4.78 is 5.76. The molecular formula is C23H32N2O3. The highest BCUT2D eigenvalue weighted by molar-refractivity contribution is 6.01. The SMILES string of the molecule is C=CCN1C(=O)C(C)Oc2cc(NC(=O)C3CCC(CCCC)CC3)ccc21. The topological polar surface area (TPSA) is 58.6 Å². The second kappa shape index (κ2) is 9.26. The highest BCUT2D eigenvalue weighted by atomic mass is 16.5. The van der Waals surface area contributed by atoms with Crippen molar-refractivity contribution < 1.29 is 14.3 Å². The summed E-state index contributed by atoms with van der Waals surface area (Å²) in [6, 6.07) is 5.49. The molecule has 0 bridgehead atoms. The van der Waals surface area contributed by atoms with E-state index in [1.165, 1.54) is 19.3 Å². The molecule has 1 unspecified atom stereocenters. The van der Waals surface area contributed by atoms with Crippen LogP contribution in [0, 0.1) is 11.8 Å². The summed E-state index contributed by atoms with van der Waals surface area (Å²) in [6.45, 7) is 8.13. The monoisotopic (exact) mass is 384 g/mol. The molecule has 1 heterocycles. The van der Waals surface area contributed by atoms with Crippen LogP contribution in [0.3, 0.4) is 0 Å². The van der Waals surface area contributed by atoms with Crippen molar-refractivity contribution in [1.29, 1.82) is 0 Å². The predicted octanol–water partition coefficient (Wildman–Crippen LogP) is 4.92. The lowest BCUT2D eigenvalue weighted by Crippen LogP contribution is -2.44. The zero-order valence-electron chi connectivity index (χ0n) is 17.1. The van der Waals surface area contributed by atoms with Crippen LogP contribution in [0.4, 0.5) is 11.4 Å². The normalized spacial score (nSPS) is 24.3. The quantitative estimate of drug-likeness (QED) is 0.679. The Hall–Kier alpha value is -2.30. The van der Waals surface area contributed by atoms with E-state index in [1.54, 1.807) is 17.9 Å². The third-order valence-electron chi connectivity index (χ3n) is 5.93. The van der Waals surface area contributed by atoms with Crippen molar-refractivity contribution >= 4 is 23.2 Å². The van der Waals surface area contributed by atoms with Crippen LogP contribution >= 0.6 is 0 Å². The van der Waals surface area contributed by atoms with Gasteiger partial charge >= 0.3 is 0 Å². The second-order valence-corrected chi connectivity index (χ2v) is 8.03. The smallest absolute Gasteiger partial charge is 0.268 e.